The van der Waals surface area contributed by atoms with Crippen molar-refractivity contribution in [3.63, 3.8) is 0 Å². The summed E-state index contributed by atoms with van der Waals surface area (Å²) in [6.45, 7) is 10.2. The minimum absolute atomic E-state index is 0.198. The van der Waals surface area contributed by atoms with Crippen molar-refractivity contribution in [2.75, 3.05) is 6.54 Å². The Morgan fingerprint density at radius 2 is 1.89 bits per heavy atom. The molecule has 0 radical (unpaired) electrons. The van der Waals surface area contributed by atoms with Gasteiger partial charge in [0.25, 0.3) is 0 Å². The maximum absolute atomic E-state index is 4.72. The third-order valence-corrected chi connectivity index (χ3v) is 4.69. The van der Waals surface area contributed by atoms with Crippen LogP contribution in [0.4, 0.5) is 0 Å². The Labute approximate surface area is 115 Å². The summed E-state index contributed by atoms with van der Waals surface area (Å²) in [5.74, 6) is 0. The van der Waals surface area contributed by atoms with Crippen LogP contribution in [0.2, 0.25) is 0 Å². The van der Waals surface area contributed by atoms with Gasteiger partial charge >= 0.3 is 0 Å². The summed E-state index contributed by atoms with van der Waals surface area (Å²) in [6, 6.07) is 10.8. The maximum Gasteiger partial charge on any atom is 0.0689 e. The molecule has 2 heteroatoms. The van der Waals surface area contributed by atoms with Crippen molar-refractivity contribution in [3.05, 3.63) is 35.9 Å². The summed E-state index contributed by atoms with van der Waals surface area (Å²) in [5, 5.41) is 1.32. The molecule has 1 unspecified atom stereocenters. The first-order valence-electron chi connectivity index (χ1n) is 6.67. The fourth-order valence-corrected chi connectivity index (χ4v) is 3.91. The molecule has 0 spiro atoms. The van der Waals surface area contributed by atoms with Crippen molar-refractivity contribution in [2.24, 2.45) is 10.4 Å². The minimum Gasteiger partial charge on any atom is -0.283 e. The van der Waals surface area contributed by atoms with Gasteiger partial charge in [-0.25, -0.2) is 0 Å². The molecule has 0 saturated heterocycles. The Kier molecular flexibility index (Phi) is 3.86. The fourth-order valence-electron chi connectivity index (χ4n) is 2.28. The Morgan fingerprint density at radius 3 is 2.50 bits per heavy atom. The van der Waals surface area contributed by atoms with Crippen LogP contribution in [0.1, 0.15) is 46.1 Å². The Balaban J connectivity index is 2.16. The van der Waals surface area contributed by atoms with E-state index in [0.717, 1.165) is 19.4 Å². The zero-order chi connectivity index (χ0) is 13.2. The van der Waals surface area contributed by atoms with Crippen LogP contribution in [0, 0.1) is 5.41 Å². The molecule has 98 valence electrons. The van der Waals surface area contributed by atoms with Gasteiger partial charge in [-0.15, -0.1) is 0 Å². The molecule has 1 nitrogen and oxygen atoms in total. The molecular weight excluding hydrogens is 238 g/mol. The molecule has 1 aliphatic rings. The number of rotatable bonds is 2. The molecule has 1 aromatic carbocycles. The third-order valence-electron chi connectivity index (χ3n) is 3.29. The number of aliphatic imine (C=N–C) groups is 1. The molecule has 18 heavy (non-hydrogen) atoms. The van der Waals surface area contributed by atoms with E-state index in [1.54, 1.807) is 0 Å². The van der Waals surface area contributed by atoms with E-state index in [1.807, 2.05) is 11.8 Å². The standard InChI is InChI=1S/C16H23NS/c1-15(2,3)12-14-17-11-10-16(4,18-14)13-8-6-5-7-9-13/h5-9H,10-12H2,1-4H3. The highest BCUT2D eigenvalue weighted by atomic mass is 32.2. The molecule has 1 aromatic rings. The predicted octanol–water partition coefficient (Wildman–Crippen LogP) is 4.87. The van der Waals surface area contributed by atoms with E-state index >= 15 is 0 Å². The van der Waals surface area contributed by atoms with Crippen LogP contribution in [-0.2, 0) is 4.75 Å². The SMILES string of the molecule is CC(C)(C)CC1=NCCC(C)(c2ccccc2)S1. The summed E-state index contributed by atoms with van der Waals surface area (Å²) < 4.78 is 0.198. The van der Waals surface area contributed by atoms with E-state index in [4.69, 9.17) is 4.99 Å². The van der Waals surface area contributed by atoms with Crippen LogP contribution in [0.25, 0.3) is 0 Å². The summed E-state index contributed by atoms with van der Waals surface area (Å²) in [7, 11) is 0. The second kappa shape index (κ2) is 5.08. The van der Waals surface area contributed by atoms with Crippen LogP contribution in [0.5, 0.6) is 0 Å². The van der Waals surface area contributed by atoms with E-state index in [9.17, 15) is 0 Å². The summed E-state index contributed by atoms with van der Waals surface area (Å²) in [5.41, 5.74) is 1.75. The summed E-state index contributed by atoms with van der Waals surface area (Å²) in [6.07, 6.45) is 2.22. The first kappa shape index (κ1) is 13.7. The van der Waals surface area contributed by atoms with Crippen molar-refractivity contribution in [1.82, 2.24) is 0 Å². The van der Waals surface area contributed by atoms with E-state index in [2.05, 4.69) is 58.0 Å². The molecule has 0 aromatic heterocycles. The zero-order valence-corrected chi connectivity index (χ0v) is 12.7. The molecule has 0 saturated carbocycles. The quantitative estimate of drug-likeness (QED) is 0.739. The number of nitrogens with zero attached hydrogens (tertiary/aromatic N) is 1. The molecule has 0 fully saturated rings. The van der Waals surface area contributed by atoms with E-state index in [1.165, 1.54) is 10.6 Å². The van der Waals surface area contributed by atoms with Crippen LogP contribution < -0.4 is 0 Å². The third kappa shape index (κ3) is 3.38. The molecular formula is C16H23NS. The van der Waals surface area contributed by atoms with E-state index in [-0.39, 0.29) is 4.75 Å². The van der Waals surface area contributed by atoms with Crippen LogP contribution in [0.15, 0.2) is 35.3 Å². The number of hydrogen-bond donors (Lipinski definition) is 0. The highest BCUT2D eigenvalue weighted by molar-refractivity contribution is 8.14. The van der Waals surface area contributed by atoms with Crippen LogP contribution in [0.3, 0.4) is 0 Å². The topological polar surface area (TPSA) is 12.4 Å². The van der Waals surface area contributed by atoms with Crippen molar-refractivity contribution in [2.45, 2.75) is 45.3 Å². The maximum atomic E-state index is 4.72. The average Bonchev–Trinajstić information content (AvgIpc) is 2.28. The molecule has 1 aliphatic heterocycles. The lowest BCUT2D eigenvalue weighted by Gasteiger charge is -2.34. The van der Waals surface area contributed by atoms with Gasteiger partial charge in [-0.3, -0.25) is 4.99 Å². The smallest absolute Gasteiger partial charge is 0.0689 e. The minimum atomic E-state index is 0.198. The monoisotopic (exact) mass is 261 g/mol. The predicted molar refractivity (Wildman–Crippen MR) is 82.4 cm³/mol. The second-order valence-corrected chi connectivity index (χ2v) is 8.04. The number of benzene rings is 1. The van der Waals surface area contributed by atoms with Crippen LogP contribution in [-0.4, -0.2) is 11.6 Å². The first-order valence-corrected chi connectivity index (χ1v) is 7.49. The summed E-state index contributed by atoms with van der Waals surface area (Å²) in [4.78, 5) is 4.72. The van der Waals surface area contributed by atoms with Crippen molar-refractivity contribution in [1.29, 1.82) is 0 Å². The fraction of sp³-hybridized carbons (Fsp3) is 0.562. The lowest BCUT2D eigenvalue weighted by molar-refractivity contribution is 0.435. The highest BCUT2D eigenvalue weighted by Gasteiger charge is 2.32. The van der Waals surface area contributed by atoms with Gasteiger partial charge in [0.2, 0.25) is 0 Å². The van der Waals surface area contributed by atoms with Crippen molar-refractivity contribution >= 4 is 16.8 Å². The molecule has 0 amide bonds. The van der Waals surface area contributed by atoms with Gasteiger partial charge in [-0.2, -0.15) is 0 Å². The largest absolute Gasteiger partial charge is 0.283 e. The van der Waals surface area contributed by atoms with Gasteiger partial charge < -0.3 is 0 Å². The second-order valence-electron chi connectivity index (χ2n) is 6.46. The first-order chi connectivity index (χ1) is 8.39. The Bertz CT molecular complexity index is 430. The molecule has 2 rings (SSSR count). The van der Waals surface area contributed by atoms with Gasteiger partial charge in [0, 0.05) is 17.7 Å². The van der Waals surface area contributed by atoms with Gasteiger partial charge in [-0.1, -0.05) is 62.9 Å². The highest BCUT2D eigenvalue weighted by Crippen LogP contribution is 2.44. The number of thioether (sulfide) groups is 1. The van der Waals surface area contributed by atoms with Gasteiger partial charge in [0.1, 0.15) is 0 Å². The molecule has 0 N–H and O–H groups in total. The lowest BCUT2D eigenvalue weighted by atomic mass is 9.92. The van der Waals surface area contributed by atoms with Gasteiger partial charge in [0.15, 0.2) is 0 Å². The van der Waals surface area contributed by atoms with Crippen LogP contribution >= 0.6 is 11.8 Å². The molecule has 0 aliphatic carbocycles. The van der Waals surface area contributed by atoms with Gasteiger partial charge in [0.05, 0.1) is 5.04 Å². The van der Waals surface area contributed by atoms with Crippen molar-refractivity contribution in [3.8, 4) is 0 Å². The van der Waals surface area contributed by atoms with E-state index < -0.39 is 0 Å². The molecule has 0 bridgehead atoms. The van der Waals surface area contributed by atoms with E-state index in [0.29, 0.717) is 5.41 Å². The molecule has 1 atom stereocenters. The van der Waals surface area contributed by atoms with Gasteiger partial charge in [-0.05, 0) is 24.3 Å². The number of hydrogen-bond acceptors (Lipinski definition) is 2. The molecule has 1 heterocycles. The normalized spacial score (nSPS) is 24.8. The zero-order valence-electron chi connectivity index (χ0n) is 11.9. The summed E-state index contributed by atoms with van der Waals surface area (Å²) >= 11 is 1.96. The lowest BCUT2D eigenvalue weighted by Crippen LogP contribution is -2.26. The Hall–Kier alpha value is -0.760. The van der Waals surface area contributed by atoms with Crippen molar-refractivity contribution < 1.29 is 0 Å². The average molecular weight is 261 g/mol. The Morgan fingerprint density at radius 1 is 1.22 bits per heavy atom.